The van der Waals surface area contributed by atoms with Crippen molar-refractivity contribution in [3.63, 3.8) is 0 Å². The van der Waals surface area contributed by atoms with Gasteiger partial charge in [-0.3, -0.25) is 0 Å². The number of anilines is 1. The first-order valence-corrected chi connectivity index (χ1v) is 6.60. The van der Waals surface area contributed by atoms with E-state index in [1.165, 1.54) is 12.1 Å². The second-order valence-corrected chi connectivity index (χ2v) is 5.29. The van der Waals surface area contributed by atoms with Crippen LogP contribution in [0.1, 0.15) is 29.2 Å². The van der Waals surface area contributed by atoms with E-state index >= 15 is 0 Å². The number of benzene rings is 1. The van der Waals surface area contributed by atoms with Gasteiger partial charge in [0, 0.05) is 11.1 Å². The average Bonchev–Trinajstić information content (AvgIpc) is 2.75. The molecule has 1 aromatic carbocycles. The van der Waals surface area contributed by atoms with Crippen molar-refractivity contribution in [1.29, 1.82) is 0 Å². The molecule has 1 aromatic heterocycles. The Labute approximate surface area is 113 Å². The van der Waals surface area contributed by atoms with Gasteiger partial charge in [0.15, 0.2) is 0 Å². The van der Waals surface area contributed by atoms with Gasteiger partial charge in [0.05, 0.1) is 22.3 Å². The van der Waals surface area contributed by atoms with Gasteiger partial charge in [0.2, 0.25) is 0 Å². The molecule has 0 aliphatic carbocycles. The van der Waals surface area contributed by atoms with Crippen molar-refractivity contribution in [3.05, 3.63) is 45.9 Å². The van der Waals surface area contributed by atoms with Gasteiger partial charge in [0.1, 0.15) is 0 Å². The number of halogens is 3. The maximum atomic E-state index is 12.4. The van der Waals surface area contributed by atoms with Crippen molar-refractivity contribution < 1.29 is 13.2 Å². The van der Waals surface area contributed by atoms with E-state index in [2.05, 4.69) is 10.3 Å². The zero-order valence-electron chi connectivity index (χ0n) is 10.5. The molecule has 0 saturated heterocycles. The highest BCUT2D eigenvalue weighted by Crippen LogP contribution is 2.30. The number of aromatic nitrogens is 1. The van der Waals surface area contributed by atoms with Crippen molar-refractivity contribution >= 4 is 17.0 Å². The standard InChI is InChI=1S/C13H13F3N2S/c1-8(12-7-19-9(2)18-12)17-11-5-3-10(4-6-11)13(14,15)16/h3-8,17H,1-2H3. The molecule has 1 atom stereocenters. The summed E-state index contributed by atoms with van der Waals surface area (Å²) < 4.78 is 37.3. The van der Waals surface area contributed by atoms with Crippen molar-refractivity contribution in [2.24, 2.45) is 0 Å². The minimum atomic E-state index is -4.30. The Bertz CT molecular complexity index is 546. The number of alkyl halides is 3. The highest BCUT2D eigenvalue weighted by atomic mass is 32.1. The summed E-state index contributed by atoms with van der Waals surface area (Å²) >= 11 is 1.55. The van der Waals surface area contributed by atoms with Crippen molar-refractivity contribution in [3.8, 4) is 0 Å². The molecule has 0 aliphatic heterocycles. The number of nitrogens with one attached hydrogen (secondary N) is 1. The number of aryl methyl sites for hydroxylation is 1. The highest BCUT2D eigenvalue weighted by Gasteiger charge is 2.29. The van der Waals surface area contributed by atoms with Crippen molar-refractivity contribution in [2.75, 3.05) is 5.32 Å². The van der Waals surface area contributed by atoms with Crippen LogP contribution in [-0.2, 0) is 6.18 Å². The van der Waals surface area contributed by atoms with E-state index in [1.807, 2.05) is 19.2 Å². The first-order chi connectivity index (χ1) is 8.86. The number of hydrogen-bond acceptors (Lipinski definition) is 3. The molecule has 0 fully saturated rings. The molecule has 2 rings (SSSR count). The average molecular weight is 286 g/mol. The number of thiazole rings is 1. The molecular weight excluding hydrogens is 273 g/mol. The van der Waals surface area contributed by atoms with Gasteiger partial charge < -0.3 is 5.32 Å². The Balaban J connectivity index is 2.07. The molecule has 0 radical (unpaired) electrons. The van der Waals surface area contributed by atoms with Crippen LogP contribution >= 0.6 is 11.3 Å². The summed E-state index contributed by atoms with van der Waals surface area (Å²) in [5.74, 6) is 0. The fourth-order valence-electron chi connectivity index (χ4n) is 1.66. The van der Waals surface area contributed by atoms with Gasteiger partial charge in [-0.2, -0.15) is 13.2 Å². The van der Waals surface area contributed by atoms with Gasteiger partial charge >= 0.3 is 6.18 Å². The summed E-state index contributed by atoms with van der Waals surface area (Å²) in [7, 11) is 0. The summed E-state index contributed by atoms with van der Waals surface area (Å²) in [6.07, 6.45) is -4.30. The van der Waals surface area contributed by atoms with Crippen LogP contribution in [0.25, 0.3) is 0 Å². The Morgan fingerprint density at radius 3 is 2.32 bits per heavy atom. The van der Waals surface area contributed by atoms with Crippen LogP contribution < -0.4 is 5.32 Å². The van der Waals surface area contributed by atoms with Gasteiger partial charge in [-0.1, -0.05) is 0 Å². The maximum absolute atomic E-state index is 12.4. The molecule has 6 heteroatoms. The van der Waals surface area contributed by atoms with Crippen molar-refractivity contribution in [2.45, 2.75) is 26.1 Å². The van der Waals surface area contributed by atoms with Crippen LogP contribution in [0.4, 0.5) is 18.9 Å². The minimum absolute atomic E-state index is 0.0401. The van der Waals surface area contributed by atoms with E-state index in [0.29, 0.717) is 5.69 Å². The lowest BCUT2D eigenvalue weighted by atomic mass is 10.2. The third-order valence-corrected chi connectivity index (χ3v) is 3.47. The molecule has 102 valence electrons. The molecule has 1 N–H and O–H groups in total. The minimum Gasteiger partial charge on any atom is -0.377 e. The zero-order valence-corrected chi connectivity index (χ0v) is 11.3. The lowest BCUT2D eigenvalue weighted by Gasteiger charge is -2.14. The molecule has 2 aromatic rings. The predicted octanol–water partition coefficient (Wildman–Crippen LogP) is 4.64. The number of hydrogen-bond donors (Lipinski definition) is 1. The fourth-order valence-corrected chi connectivity index (χ4v) is 2.36. The van der Waals surface area contributed by atoms with Crippen LogP contribution in [0.3, 0.4) is 0 Å². The Kier molecular flexibility index (Phi) is 3.80. The molecule has 2 nitrogen and oxygen atoms in total. The molecule has 19 heavy (non-hydrogen) atoms. The molecular formula is C13H13F3N2S. The molecule has 1 unspecified atom stereocenters. The second kappa shape index (κ2) is 5.21. The van der Waals surface area contributed by atoms with Gasteiger partial charge in [-0.05, 0) is 38.1 Å². The Hall–Kier alpha value is -1.56. The topological polar surface area (TPSA) is 24.9 Å². The summed E-state index contributed by atoms with van der Waals surface area (Å²) in [5.41, 5.74) is 0.892. The molecule has 0 amide bonds. The van der Waals surface area contributed by atoms with E-state index in [4.69, 9.17) is 0 Å². The third-order valence-electron chi connectivity index (χ3n) is 2.68. The largest absolute Gasteiger partial charge is 0.416 e. The molecule has 0 aliphatic rings. The van der Waals surface area contributed by atoms with Crippen LogP contribution in [0.5, 0.6) is 0 Å². The van der Waals surface area contributed by atoms with E-state index in [1.54, 1.807) is 11.3 Å². The molecule has 0 spiro atoms. The lowest BCUT2D eigenvalue weighted by Crippen LogP contribution is -2.08. The van der Waals surface area contributed by atoms with Crippen LogP contribution in [0, 0.1) is 6.92 Å². The predicted molar refractivity (Wildman–Crippen MR) is 70.3 cm³/mol. The van der Waals surface area contributed by atoms with Crippen LogP contribution in [0.15, 0.2) is 29.6 Å². The monoisotopic (exact) mass is 286 g/mol. The first kappa shape index (κ1) is 13.9. The van der Waals surface area contributed by atoms with Gasteiger partial charge in [-0.25, -0.2) is 4.98 Å². The summed E-state index contributed by atoms with van der Waals surface area (Å²) in [6, 6.07) is 4.96. The SMILES string of the molecule is Cc1nc(C(C)Nc2ccc(C(F)(F)F)cc2)cs1. The first-order valence-electron chi connectivity index (χ1n) is 5.72. The second-order valence-electron chi connectivity index (χ2n) is 4.23. The maximum Gasteiger partial charge on any atom is 0.416 e. The van der Waals surface area contributed by atoms with Crippen molar-refractivity contribution in [1.82, 2.24) is 4.98 Å². The van der Waals surface area contributed by atoms with E-state index in [0.717, 1.165) is 22.8 Å². The number of nitrogens with zero attached hydrogens (tertiary/aromatic N) is 1. The van der Waals surface area contributed by atoms with Crippen LogP contribution in [-0.4, -0.2) is 4.98 Å². The summed E-state index contributed by atoms with van der Waals surface area (Å²) in [4.78, 5) is 4.34. The van der Waals surface area contributed by atoms with Gasteiger partial charge in [-0.15, -0.1) is 11.3 Å². The zero-order chi connectivity index (χ0) is 14.0. The molecule has 1 heterocycles. The van der Waals surface area contributed by atoms with E-state index in [9.17, 15) is 13.2 Å². The third kappa shape index (κ3) is 3.47. The summed E-state index contributed by atoms with van der Waals surface area (Å²) in [5, 5.41) is 6.04. The molecule has 0 bridgehead atoms. The van der Waals surface area contributed by atoms with Crippen LogP contribution in [0.2, 0.25) is 0 Å². The fraction of sp³-hybridized carbons (Fsp3) is 0.308. The van der Waals surface area contributed by atoms with E-state index < -0.39 is 11.7 Å². The highest BCUT2D eigenvalue weighted by molar-refractivity contribution is 7.09. The van der Waals surface area contributed by atoms with Gasteiger partial charge in [0.25, 0.3) is 0 Å². The quantitative estimate of drug-likeness (QED) is 0.888. The normalized spacial score (nSPS) is 13.3. The molecule has 0 saturated carbocycles. The summed E-state index contributed by atoms with van der Waals surface area (Å²) in [6.45, 7) is 3.84. The lowest BCUT2D eigenvalue weighted by molar-refractivity contribution is -0.137. The Morgan fingerprint density at radius 2 is 1.84 bits per heavy atom. The number of rotatable bonds is 3. The Morgan fingerprint density at radius 1 is 1.21 bits per heavy atom. The smallest absolute Gasteiger partial charge is 0.377 e. The van der Waals surface area contributed by atoms with E-state index in [-0.39, 0.29) is 6.04 Å².